The molecule has 0 atom stereocenters. The lowest BCUT2D eigenvalue weighted by atomic mass is 9.98. The zero-order valence-electron chi connectivity index (χ0n) is 15.3. The van der Waals surface area contributed by atoms with Crippen LogP contribution < -0.4 is 21.1 Å². The second-order valence-electron chi connectivity index (χ2n) is 5.85. The van der Waals surface area contributed by atoms with Crippen LogP contribution in [0, 0.1) is 0 Å². The summed E-state index contributed by atoms with van der Waals surface area (Å²) in [6.45, 7) is 0.800. The van der Waals surface area contributed by atoms with E-state index in [1.807, 2.05) is 29.2 Å². The van der Waals surface area contributed by atoms with E-state index in [1.165, 1.54) is 6.20 Å². The molecule has 7 heteroatoms. The smallest absolute Gasteiger partial charge is 0.135 e. The van der Waals surface area contributed by atoms with Crippen molar-refractivity contribution >= 4 is 17.1 Å². The van der Waals surface area contributed by atoms with Crippen molar-refractivity contribution in [3.05, 3.63) is 53.9 Å². The summed E-state index contributed by atoms with van der Waals surface area (Å²) in [6, 6.07) is 9.23. The van der Waals surface area contributed by atoms with Gasteiger partial charge in [-0.25, -0.2) is 9.37 Å². The third-order valence-corrected chi connectivity index (χ3v) is 3.94. The number of halogens is 1. The highest BCUT2D eigenvalue weighted by Crippen LogP contribution is 2.30. The number of methoxy groups -OCH3 is 2. The molecule has 140 valence electrons. The van der Waals surface area contributed by atoms with Crippen LogP contribution in [0.25, 0.3) is 5.57 Å². The number of benzene rings is 1. The third kappa shape index (κ3) is 4.43. The van der Waals surface area contributed by atoms with Crippen LogP contribution in [0.1, 0.15) is 11.1 Å². The Balaban J connectivity index is 0.000000758. The van der Waals surface area contributed by atoms with E-state index in [0.29, 0.717) is 24.5 Å². The van der Waals surface area contributed by atoms with Gasteiger partial charge in [0.25, 0.3) is 0 Å². The lowest BCUT2D eigenvalue weighted by Crippen LogP contribution is -2.48. The molecule has 1 saturated heterocycles. The van der Waals surface area contributed by atoms with Gasteiger partial charge in [-0.15, -0.1) is 0 Å². The van der Waals surface area contributed by atoms with Gasteiger partial charge in [0.1, 0.15) is 17.7 Å². The van der Waals surface area contributed by atoms with E-state index in [2.05, 4.69) is 9.72 Å². The van der Waals surface area contributed by atoms with Gasteiger partial charge in [0.05, 0.1) is 20.2 Å². The van der Waals surface area contributed by atoms with E-state index >= 15 is 0 Å². The molecule has 1 aromatic carbocycles. The van der Waals surface area contributed by atoms with Gasteiger partial charge in [0, 0.05) is 55.1 Å². The molecule has 1 fully saturated rings. The van der Waals surface area contributed by atoms with Crippen LogP contribution in [0.15, 0.2) is 42.7 Å². The highest BCUT2D eigenvalue weighted by Gasteiger charge is 2.27. The quantitative estimate of drug-likeness (QED) is 0.815. The Kier molecular flexibility index (Phi) is 6.80. The van der Waals surface area contributed by atoms with Crippen LogP contribution in [0.3, 0.4) is 0 Å². The minimum Gasteiger partial charge on any atom is -0.497 e. The van der Waals surface area contributed by atoms with Gasteiger partial charge in [-0.1, -0.05) is 0 Å². The lowest BCUT2D eigenvalue weighted by molar-refractivity contribution is 0.273. The standard InChI is InChI=1S/C17H19FN4O.C2H6O/c1-23-13-3-4-14(16(20)6-13)15(7-19)11-2-5-17(21-8-11)22-9-12(18)10-22;1-3-2/h2-8,12H,9-10,19-20H2,1H3;1-2H3/b15-7-;. The van der Waals surface area contributed by atoms with Crippen LogP contribution in [0.5, 0.6) is 5.75 Å². The second-order valence-corrected chi connectivity index (χ2v) is 5.85. The SMILES string of the molecule is COC.COc1ccc(/C(=C\N)c2ccc(N3CC(F)C3)nc2)c(N)c1. The highest BCUT2D eigenvalue weighted by atomic mass is 19.1. The van der Waals surface area contributed by atoms with E-state index in [0.717, 1.165) is 22.5 Å². The van der Waals surface area contributed by atoms with Crippen LogP contribution in [0.2, 0.25) is 0 Å². The van der Waals surface area contributed by atoms with Crippen molar-refractivity contribution in [2.24, 2.45) is 5.73 Å². The molecule has 2 heterocycles. The summed E-state index contributed by atoms with van der Waals surface area (Å²) in [6.07, 6.45) is 2.48. The molecule has 0 spiro atoms. The molecular weight excluding hydrogens is 335 g/mol. The molecule has 0 unspecified atom stereocenters. The molecule has 0 aliphatic carbocycles. The average Bonchev–Trinajstić information content (AvgIpc) is 2.62. The first-order valence-corrected chi connectivity index (χ1v) is 8.15. The fraction of sp³-hybridized carbons (Fsp3) is 0.316. The number of nitrogen functional groups attached to an aromatic ring is 1. The number of alkyl halides is 1. The zero-order valence-corrected chi connectivity index (χ0v) is 15.3. The highest BCUT2D eigenvalue weighted by molar-refractivity contribution is 5.85. The first kappa shape index (κ1) is 19.5. The Labute approximate surface area is 153 Å². The summed E-state index contributed by atoms with van der Waals surface area (Å²) < 4.78 is 22.3. The Bertz CT molecular complexity index is 744. The van der Waals surface area contributed by atoms with Crippen molar-refractivity contribution < 1.29 is 13.9 Å². The molecule has 3 rings (SSSR count). The fourth-order valence-electron chi connectivity index (χ4n) is 2.60. The van der Waals surface area contributed by atoms with Gasteiger partial charge in [-0.3, -0.25) is 0 Å². The molecule has 0 bridgehead atoms. The lowest BCUT2D eigenvalue weighted by Gasteiger charge is -2.35. The molecule has 1 aliphatic heterocycles. The number of pyridine rings is 1. The third-order valence-electron chi connectivity index (χ3n) is 3.94. The second kappa shape index (κ2) is 9.05. The van der Waals surface area contributed by atoms with Crippen molar-refractivity contribution in [2.45, 2.75) is 6.17 Å². The number of aromatic nitrogens is 1. The van der Waals surface area contributed by atoms with E-state index in [9.17, 15) is 4.39 Å². The topological polar surface area (TPSA) is 86.6 Å². The van der Waals surface area contributed by atoms with Crippen LogP contribution in [0.4, 0.5) is 15.9 Å². The zero-order chi connectivity index (χ0) is 19.1. The number of ether oxygens (including phenoxy) is 2. The average molecular weight is 360 g/mol. The predicted octanol–water partition coefficient (Wildman–Crippen LogP) is 2.44. The summed E-state index contributed by atoms with van der Waals surface area (Å²) in [4.78, 5) is 6.28. The molecule has 4 N–H and O–H groups in total. The van der Waals surface area contributed by atoms with E-state index in [4.69, 9.17) is 16.2 Å². The summed E-state index contributed by atoms with van der Waals surface area (Å²) in [7, 11) is 4.84. The number of nitrogens with zero attached hydrogens (tertiary/aromatic N) is 2. The summed E-state index contributed by atoms with van der Waals surface area (Å²) >= 11 is 0. The van der Waals surface area contributed by atoms with Gasteiger partial charge in [0.15, 0.2) is 0 Å². The summed E-state index contributed by atoms with van der Waals surface area (Å²) in [5.41, 5.74) is 14.9. The van der Waals surface area contributed by atoms with Crippen molar-refractivity contribution in [1.29, 1.82) is 0 Å². The normalized spacial score (nSPS) is 14.3. The Morgan fingerprint density at radius 1 is 1.23 bits per heavy atom. The van der Waals surface area contributed by atoms with E-state index < -0.39 is 6.17 Å². The fourth-order valence-corrected chi connectivity index (χ4v) is 2.60. The Morgan fingerprint density at radius 3 is 2.38 bits per heavy atom. The number of hydrogen-bond acceptors (Lipinski definition) is 6. The largest absolute Gasteiger partial charge is 0.497 e. The predicted molar refractivity (Wildman–Crippen MR) is 103 cm³/mol. The molecule has 2 aromatic rings. The number of nitrogens with two attached hydrogens (primary N) is 2. The maximum absolute atomic E-state index is 12.9. The first-order valence-electron chi connectivity index (χ1n) is 8.15. The molecule has 26 heavy (non-hydrogen) atoms. The molecule has 0 amide bonds. The van der Waals surface area contributed by atoms with Crippen LogP contribution >= 0.6 is 0 Å². The van der Waals surface area contributed by atoms with E-state index in [-0.39, 0.29) is 0 Å². The van der Waals surface area contributed by atoms with Crippen molar-refractivity contribution in [3.63, 3.8) is 0 Å². The monoisotopic (exact) mass is 360 g/mol. The molecule has 1 aliphatic rings. The van der Waals surface area contributed by atoms with Gasteiger partial charge >= 0.3 is 0 Å². The van der Waals surface area contributed by atoms with Crippen molar-refractivity contribution in [1.82, 2.24) is 4.98 Å². The Hall–Kier alpha value is -2.80. The van der Waals surface area contributed by atoms with Gasteiger partial charge < -0.3 is 25.8 Å². The molecule has 0 radical (unpaired) electrons. The van der Waals surface area contributed by atoms with Crippen LogP contribution in [-0.2, 0) is 4.74 Å². The number of rotatable bonds is 4. The van der Waals surface area contributed by atoms with Gasteiger partial charge in [-0.05, 0) is 24.3 Å². The summed E-state index contributed by atoms with van der Waals surface area (Å²) in [5.74, 6) is 1.45. The number of anilines is 2. The van der Waals surface area contributed by atoms with Crippen molar-refractivity contribution in [2.75, 3.05) is 45.1 Å². The summed E-state index contributed by atoms with van der Waals surface area (Å²) in [5, 5.41) is 0. The maximum Gasteiger partial charge on any atom is 0.135 e. The van der Waals surface area contributed by atoms with Gasteiger partial charge in [-0.2, -0.15) is 0 Å². The van der Waals surface area contributed by atoms with Crippen LogP contribution in [-0.4, -0.2) is 45.6 Å². The minimum absolute atomic E-state index is 0.400. The van der Waals surface area contributed by atoms with Gasteiger partial charge in [0.2, 0.25) is 0 Å². The minimum atomic E-state index is -0.755. The molecule has 1 aromatic heterocycles. The van der Waals surface area contributed by atoms with Crippen molar-refractivity contribution in [3.8, 4) is 5.75 Å². The Morgan fingerprint density at radius 2 is 1.92 bits per heavy atom. The molecular formula is C19H25FN4O2. The molecule has 6 nitrogen and oxygen atoms in total. The van der Waals surface area contributed by atoms with E-state index in [1.54, 1.807) is 33.6 Å². The molecule has 0 saturated carbocycles. The first-order chi connectivity index (χ1) is 12.5. The number of hydrogen-bond donors (Lipinski definition) is 2. The maximum atomic E-state index is 12.9.